The molecule has 1 fully saturated rings. The second-order valence-corrected chi connectivity index (χ2v) is 4.77. The first-order chi connectivity index (χ1) is 8.63. The SMILES string of the molecule is CCCN(C(=O)c1ccc(F)cc1C)C1CNC1. The van der Waals surface area contributed by atoms with Crippen molar-refractivity contribution in [2.75, 3.05) is 19.6 Å². The highest BCUT2D eigenvalue weighted by Crippen LogP contribution is 2.16. The Bertz CT molecular complexity index is 443. The van der Waals surface area contributed by atoms with Gasteiger partial charge < -0.3 is 10.2 Å². The maximum Gasteiger partial charge on any atom is 0.254 e. The van der Waals surface area contributed by atoms with Crippen molar-refractivity contribution in [3.8, 4) is 0 Å². The van der Waals surface area contributed by atoms with E-state index in [0.717, 1.165) is 26.1 Å². The van der Waals surface area contributed by atoms with Gasteiger partial charge in [0, 0.05) is 25.2 Å². The van der Waals surface area contributed by atoms with Gasteiger partial charge in [-0.15, -0.1) is 0 Å². The smallest absolute Gasteiger partial charge is 0.254 e. The number of halogens is 1. The standard InChI is InChI=1S/C14H19FN2O/c1-3-6-17(12-8-16-9-12)14(18)13-5-4-11(15)7-10(13)2/h4-5,7,12,16H,3,6,8-9H2,1-2H3. The van der Waals surface area contributed by atoms with Gasteiger partial charge in [-0.25, -0.2) is 4.39 Å². The molecule has 0 radical (unpaired) electrons. The van der Waals surface area contributed by atoms with Crippen LogP contribution >= 0.6 is 0 Å². The van der Waals surface area contributed by atoms with Crippen molar-refractivity contribution in [2.24, 2.45) is 0 Å². The van der Waals surface area contributed by atoms with E-state index in [1.54, 1.807) is 13.0 Å². The lowest BCUT2D eigenvalue weighted by atomic mass is 10.0. The van der Waals surface area contributed by atoms with Crippen molar-refractivity contribution in [1.82, 2.24) is 10.2 Å². The number of benzene rings is 1. The average Bonchev–Trinajstić information content (AvgIpc) is 2.25. The summed E-state index contributed by atoms with van der Waals surface area (Å²) in [5.74, 6) is -0.280. The van der Waals surface area contributed by atoms with Crippen LogP contribution in [0, 0.1) is 12.7 Å². The first-order valence-corrected chi connectivity index (χ1v) is 6.41. The van der Waals surface area contributed by atoms with Crippen molar-refractivity contribution < 1.29 is 9.18 Å². The predicted octanol–water partition coefficient (Wildman–Crippen LogP) is 1.96. The summed E-state index contributed by atoms with van der Waals surface area (Å²) in [5, 5.41) is 3.18. The van der Waals surface area contributed by atoms with Gasteiger partial charge in [-0.2, -0.15) is 0 Å². The van der Waals surface area contributed by atoms with E-state index in [0.29, 0.717) is 11.1 Å². The van der Waals surface area contributed by atoms with E-state index >= 15 is 0 Å². The first kappa shape index (κ1) is 13.0. The van der Waals surface area contributed by atoms with Crippen LogP contribution in [-0.2, 0) is 0 Å². The molecule has 3 nitrogen and oxygen atoms in total. The second kappa shape index (κ2) is 5.48. The summed E-state index contributed by atoms with van der Waals surface area (Å²) in [6, 6.07) is 4.63. The molecule has 0 aromatic heterocycles. The van der Waals surface area contributed by atoms with E-state index in [1.165, 1.54) is 12.1 Å². The fraction of sp³-hybridized carbons (Fsp3) is 0.500. The number of hydrogen-bond donors (Lipinski definition) is 1. The van der Waals surface area contributed by atoms with Crippen molar-refractivity contribution >= 4 is 5.91 Å². The molecule has 0 spiro atoms. The van der Waals surface area contributed by atoms with Gasteiger partial charge >= 0.3 is 0 Å². The molecular formula is C14H19FN2O. The summed E-state index contributed by atoms with van der Waals surface area (Å²) in [4.78, 5) is 14.4. The highest BCUT2D eigenvalue weighted by atomic mass is 19.1. The molecule has 18 heavy (non-hydrogen) atoms. The molecule has 0 aliphatic carbocycles. The van der Waals surface area contributed by atoms with Crippen molar-refractivity contribution in [3.63, 3.8) is 0 Å². The minimum absolute atomic E-state index is 0.0147. The van der Waals surface area contributed by atoms with Crippen molar-refractivity contribution in [1.29, 1.82) is 0 Å². The number of amides is 1. The zero-order valence-corrected chi connectivity index (χ0v) is 10.9. The third kappa shape index (κ3) is 2.53. The largest absolute Gasteiger partial charge is 0.333 e. The Kier molecular flexibility index (Phi) is 3.97. The number of nitrogens with one attached hydrogen (secondary N) is 1. The summed E-state index contributed by atoms with van der Waals surface area (Å²) in [6.45, 7) is 6.29. The van der Waals surface area contributed by atoms with Crippen molar-refractivity contribution in [3.05, 3.63) is 35.1 Å². The lowest BCUT2D eigenvalue weighted by Gasteiger charge is -2.38. The fourth-order valence-electron chi connectivity index (χ4n) is 2.21. The summed E-state index contributed by atoms with van der Waals surface area (Å²) in [5.41, 5.74) is 1.31. The minimum Gasteiger partial charge on any atom is -0.333 e. The molecule has 1 saturated heterocycles. The van der Waals surface area contributed by atoms with E-state index in [2.05, 4.69) is 12.2 Å². The third-order valence-corrected chi connectivity index (χ3v) is 3.34. The van der Waals surface area contributed by atoms with Gasteiger partial charge in [0.15, 0.2) is 0 Å². The zero-order chi connectivity index (χ0) is 13.1. The Morgan fingerprint density at radius 1 is 1.50 bits per heavy atom. The van der Waals surface area contributed by atoms with Crippen LogP contribution in [0.2, 0.25) is 0 Å². The molecule has 4 heteroatoms. The third-order valence-electron chi connectivity index (χ3n) is 3.34. The fourth-order valence-corrected chi connectivity index (χ4v) is 2.21. The molecule has 98 valence electrons. The first-order valence-electron chi connectivity index (χ1n) is 6.41. The number of nitrogens with zero attached hydrogens (tertiary/aromatic N) is 1. The van der Waals surface area contributed by atoms with Gasteiger partial charge in [0.2, 0.25) is 0 Å². The summed E-state index contributed by atoms with van der Waals surface area (Å²) in [7, 11) is 0. The molecular weight excluding hydrogens is 231 g/mol. The molecule has 1 N–H and O–H groups in total. The van der Waals surface area contributed by atoms with Gasteiger partial charge in [-0.1, -0.05) is 6.92 Å². The molecule has 0 atom stereocenters. The maximum absolute atomic E-state index is 13.1. The van der Waals surface area contributed by atoms with Crippen LogP contribution in [0.15, 0.2) is 18.2 Å². The van der Waals surface area contributed by atoms with E-state index < -0.39 is 0 Å². The molecule has 0 bridgehead atoms. The van der Waals surface area contributed by atoms with Gasteiger partial charge in [0.1, 0.15) is 5.82 Å². The van der Waals surface area contributed by atoms with E-state index in [1.807, 2.05) is 4.90 Å². The number of rotatable bonds is 4. The maximum atomic E-state index is 13.1. The summed E-state index contributed by atoms with van der Waals surface area (Å²) < 4.78 is 13.1. The Balaban J connectivity index is 2.21. The van der Waals surface area contributed by atoms with Crippen molar-refractivity contribution in [2.45, 2.75) is 26.3 Å². The molecule has 1 aliphatic rings. The summed E-state index contributed by atoms with van der Waals surface area (Å²) in [6.07, 6.45) is 0.933. The van der Waals surface area contributed by atoms with Gasteiger partial charge in [-0.3, -0.25) is 4.79 Å². The van der Waals surface area contributed by atoms with Crippen LogP contribution in [0.3, 0.4) is 0 Å². The Morgan fingerprint density at radius 2 is 2.22 bits per heavy atom. The summed E-state index contributed by atoms with van der Waals surface area (Å²) >= 11 is 0. The Labute approximate surface area is 107 Å². The Hall–Kier alpha value is -1.42. The second-order valence-electron chi connectivity index (χ2n) is 4.77. The monoisotopic (exact) mass is 250 g/mol. The lowest BCUT2D eigenvalue weighted by molar-refractivity contribution is 0.0615. The number of carbonyl (C=O) groups excluding carboxylic acids is 1. The number of aryl methyl sites for hydroxylation is 1. The molecule has 0 saturated carbocycles. The van der Waals surface area contributed by atoms with Crippen LogP contribution in [0.4, 0.5) is 4.39 Å². The minimum atomic E-state index is -0.295. The number of carbonyl (C=O) groups is 1. The number of hydrogen-bond acceptors (Lipinski definition) is 2. The van der Waals surface area contributed by atoms with Crippen LogP contribution in [0.5, 0.6) is 0 Å². The highest BCUT2D eigenvalue weighted by Gasteiger charge is 2.29. The molecule has 0 unspecified atom stereocenters. The highest BCUT2D eigenvalue weighted by molar-refractivity contribution is 5.96. The van der Waals surface area contributed by atoms with Crippen LogP contribution in [0.1, 0.15) is 29.3 Å². The molecule has 1 aliphatic heterocycles. The van der Waals surface area contributed by atoms with E-state index in [4.69, 9.17) is 0 Å². The van der Waals surface area contributed by atoms with Gasteiger partial charge in [0.25, 0.3) is 5.91 Å². The molecule has 1 aromatic rings. The zero-order valence-electron chi connectivity index (χ0n) is 10.9. The normalized spacial score (nSPS) is 15.3. The predicted molar refractivity (Wildman–Crippen MR) is 69.1 cm³/mol. The van der Waals surface area contributed by atoms with E-state index in [9.17, 15) is 9.18 Å². The topological polar surface area (TPSA) is 32.3 Å². The lowest BCUT2D eigenvalue weighted by Crippen LogP contribution is -2.59. The average molecular weight is 250 g/mol. The van der Waals surface area contributed by atoms with Gasteiger partial charge in [-0.05, 0) is 37.1 Å². The molecule has 1 aromatic carbocycles. The molecule has 2 rings (SSSR count). The van der Waals surface area contributed by atoms with Crippen LogP contribution in [-0.4, -0.2) is 36.5 Å². The van der Waals surface area contributed by atoms with Crippen LogP contribution < -0.4 is 5.32 Å². The Morgan fingerprint density at radius 3 is 2.72 bits per heavy atom. The van der Waals surface area contributed by atoms with Gasteiger partial charge in [0.05, 0.1) is 6.04 Å². The molecule has 1 heterocycles. The molecule has 1 amide bonds. The van der Waals surface area contributed by atoms with E-state index in [-0.39, 0.29) is 17.8 Å². The quantitative estimate of drug-likeness (QED) is 0.886. The van der Waals surface area contributed by atoms with Crippen LogP contribution in [0.25, 0.3) is 0 Å².